The first kappa shape index (κ1) is 6.68. The van der Waals surface area contributed by atoms with Crippen LogP contribution < -0.4 is 11.1 Å². The minimum atomic E-state index is 0.370. The Morgan fingerprint density at radius 3 is 2.88 bits per heavy atom. The van der Waals surface area contributed by atoms with Gasteiger partial charge in [0.1, 0.15) is 0 Å². The van der Waals surface area contributed by atoms with Crippen molar-refractivity contribution in [3.63, 3.8) is 0 Å². The van der Waals surface area contributed by atoms with Crippen LogP contribution in [0.1, 0.15) is 6.92 Å². The molecule has 42 valence electrons. The smallest absolute Gasteiger partial charge is 0.152 e. The molecule has 0 heterocycles. The zero-order valence-electron chi connectivity index (χ0n) is 4.73. The molecule has 0 aliphatic carbocycles. The molecule has 0 aromatic rings. The van der Waals surface area contributed by atoms with Crippen molar-refractivity contribution in [2.75, 3.05) is 0 Å². The lowest BCUT2D eigenvalue weighted by Gasteiger charge is -1.88. The molecule has 0 saturated heterocycles. The molecular formula is C6H8N2. The van der Waals surface area contributed by atoms with Gasteiger partial charge >= 0.3 is 0 Å². The first-order valence-corrected chi connectivity index (χ1v) is 2.19. The van der Waals surface area contributed by atoms with E-state index in [1.165, 1.54) is 0 Å². The minimum Gasteiger partial charge on any atom is -0.378 e. The molecule has 0 fully saturated rings. The fourth-order valence-corrected chi connectivity index (χ4v) is 0.269. The zero-order valence-corrected chi connectivity index (χ0v) is 4.73. The van der Waals surface area contributed by atoms with Crippen molar-refractivity contribution in [3.05, 3.63) is 17.6 Å². The maximum Gasteiger partial charge on any atom is 0.152 e. The second-order valence-electron chi connectivity index (χ2n) is 1.12. The predicted molar refractivity (Wildman–Crippen MR) is 33.4 cm³/mol. The number of terminal acetylenes is 1. The van der Waals surface area contributed by atoms with Gasteiger partial charge in [0.05, 0.1) is 0 Å². The highest BCUT2D eigenvalue weighted by Gasteiger charge is 1.73. The Bertz CT molecular complexity index is 156. The molecule has 0 atom stereocenters. The molecule has 0 aliphatic heterocycles. The average molecular weight is 108 g/mol. The summed E-state index contributed by atoms with van der Waals surface area (Å²) in [5.74, 6) is 0.370. The summed E-state index contributed by atoms with van der Waals surface area (Å²) in [6, 6.07) is 2.16. The first-order chi connectivity index (χ1) is 3.81. The highest BCUT2D eigenvalue weighted by molar-refractivity contribution is 5.00. The molecule has 0 rings (SSSR count). The molecule has 3 N–H and O–H groups in total. The van der Waals surface area contributed by atoms with E-state index < -0.39 is 0 Å². The number of hydrogen-bond acceptors (Lipinski definition) is 2. The van der Waals surface area contributed by atoms with E-state index in [1.54, 1.807) is 6.08 Å². The third kappa shape index (κ3) is 2.89. The molecule has 2 heteroatoms. The number of nitrogens with one attached hydrogen (secondary N) is 1. The Morgan fingerprint density at radius 2 is 2.50 bits per heavy atom. The van der Waals surface area contributed by atoms with E-state index in [0.29, 0.717) is 5.82 Å². The molecule has 0 bridgehead atoms. The van der Waals surface area contributed by atoms with Crippen LogP contribution in [0.3, 0.4) is 0 Å². The van der Waals surface area contributed by atoms with Gasteiger partial charge < -0.3 is 5.73 Å². The molecule has 0 aromatic carbocycles. The van der Waals surface area contributed by atoms with Gasteiger partial charge in [-0.3, -0.25) is 5.32 Å². The van der Waals surface area contributed by atoms with Gasteiger partial charge in [0.15, 0.2) is 5.82 Å². The summed E-state index contributed by atoms with van der Waals surface area (Å²) in [6.07, 6.45) is 6.52. The van der Waals surface area contributed by atoms with Crippen molar-refractivity contribution < 1.29 is 0 Å². The molecule has 0 amide bonds. The maximum absolute atomic E-state index is 5.22. The standard InChI is InChI=1S/C6H8N2/c1-3-5-6(7)8-4-2/h2-3,8H,7H2,1H3. The number of allylic oxidation sites excluding steroid dienone is 1. The second-order valence-corrected chi connectivity index (χ2v) is 1.12. The van der Waals surface area contributed by atoms with Gasteiger partial charge in [-0.1, -0.05) is 12.2 Å². The molecule has 0 saturated carbocycles. The van der Waals surface area contributed by atoms with Crippen molar-refractivity contribution >= 4 is 0 Å². The van der Waals surface area contributed by atoms with Crippen LogP contribution in [0.15, 0.2) is 17.6 Å². The fraction of sp³-hybridized carbons (Fsp3) is 0.167. The van der Waals surface area contributed by atoms with E-state index in [9.17, 15) is 0 Å². The Balaban J connectivity index is 3.86. The molecule has 0 aliphatic rings. The van der Waals surface area contributed by atoms with Crippen LogP contribution in [0.5, 0.6) is 0 Å². The topological polar surface area (TPSA) is 38.0 Å². The van der Waals surface area contributed by atoms with E-state index in [4.69, 9.17) is 12.2 Å². The lowest BCUT2D eigenvalue weighted by molar-refractivity contribution is 1.07. The number of rotatable bonds is 1. The largest absolute Gasteiger partial charge is 0.378 e. The van der Waals surface area contributed by atoms with Crippen molar-refractivity contribution in [1.29, 1.82) is 0 Å². The SMILES string of the molecule is C#CNC(N)=C=CC. The third-order valence-corrected chi connectivity index (χ3v) is 0.507. The quantitative estimate of drug-likeness (QED) is 0.285. The summed E-state index contributed by atoms with van der Waals surface area (Å²) in [5.41, 5.74) is 7.88. The molecule has 0 spiro atoms. The molecule has 2 nitrogen and oxygen atoms in total. The zero-order chi connectivity index (χ0) is 6.41. The highest BCUT2D eigenvalue weighted by atomic mass is 15.0. The minimum absolute atomic E-state index is 0.370. The summed E-state index contributed by atoms with van der Waals surface area (Å²) in [4.78, 5) is 0. The van der Waals surface area contributed by atoms with Crippen LogP contribution >= 0.6 is 0 Å². The third-order valence-electron chi connectivity index (χ3n) is 0.507. The molecule has 0 unspecified atom stereocenters. The Labute approximate surface area is 49.1 Å². The number of hydrogen-bond donors (Lipinski definition) is 2. The lowest BCUT2D eigenvalue weighted by Crippen LogP contribution is -2.12. The van der Waals surface area contributed by atoms with Crippen LogP contribution in [-0.2, 0) is 0 Å². The first-order valence-electron chi connectivity index (χ1n) is 2.19. The van der Waals surface area contributed by atoms with Gasteiger partial charge in [-0.15, -0.1) is 0 Å². The van der Waals surface area contributed by atoms with Crippen molar-refractivity contribution in [3.8, 4) is 12.5 Å². The van der Waals surface area contributed by atoms with Gasteiger partial charge in [-0.05, 0) is 13.0 Å². The van der Waals surface area contributed by atoms with E-state index in [-0.39, 0.29) is 0 Å². The van der Waals surface area contributed by atoms with Gasteiger partial charge in [-0.25, -0.2) is 0 Å². The predicted octanol–water partition coefficient (Wildman–Crippen LogP) is 0.142. The number of nitrogens with two attached hydrogens (primary N) is 1. The van der Waals surface area contributed by atoms with Crippen molar-refractivity contribution in [1.82, 2.24) is 5.32 Å². The maximum atomic E-state index is 5.22. The van der Waals surface area contributed by atoms with Crippen molar-refractivity contribution in [2.45, 2.75) is 6.92 Å². The van der Waals surface area contributed by atoms with E-state index in [0.717, 1.165) is 0 Å². The summed E-state index contributed by atoms with van der Waals surface area (Å²) < 4.78 is 0. The van der Waals surface area contributed by atoms with Gasteiger partial charge in [0, 0.05) is 6.04 Å². The normalized spacial score (nSPS) is 6.00. The Hall–Kier alpha value is -1.32. The van der Waals surface area contributed by atoms with Crippen LogP contribution in [-0.4, -0.2) is 0 Å². The van der Waals surface area contributed by atoms with Crippen LogP contribution in [0.2, 0.25) is 0 Å². The van der Waals surface area contributed by atoms with E-state index in [1.807, 2.05) is 6.92 Å². The van der Waals surface area contributed by atoms with Gasteiger partial charge in [0.2, 0.25) is 0 Å². The second kappa shape index (κ2) is 3.86. The van der Waals surface area contributed by atoms with E-state index >= 15 is 0 Å². The molecule has 0 radical (unpaired) electrons. The van der Waals surface area contributed by atoms with Crippen molar-refractivity contribution in [2.24, 2.45) is 5.73 Å². The average Bonchev–Trinajstić information content (AvgIpc) is 1.68. The molecule has 8 heavy (non-hydrogen) atoms. The lowest BCUT2D eigenvalue weighted by atomic mass is 10.6. The Morgan fingerprint density at radius 1 is 1.88 bits per heavy atom. The Kier molecular flexibility index (Phi) is 3.22. The summed E-state index contributed by atoms with van der Waals surface area (Å²) in [5, 5.41) is 2.43. The molecular weight excluding hydrogens is 100 g/mol. The van der Waals surface area contributed by atoms with Crippen LogP contribution in [0, 0.1) is 12.5 Å². The fourth-order valence-electron chi connectivity index (χ4n) is 0.269. The summed E-state index contributed by atoms with van der Waals surface area (Å²) >= 11 is 0. The summed E-state index contributed by atoms with van der Waals surface area (Å²) in [6.45, 7) is 1.81. The summed E-state index contributed by atoms with van der Waals surface area (Å²) in [7, 11) is 0. The van der Waals surface area contributed by atoms with Gasteiger partial charge in [0.25, 0.3) is 0 Å². The monoisotopic (exact) mass is 108 g/mol. The van der Waals surface area contributed by atoms with Crippen LogP contribution in [0.4, 0.5) is 0 Å². The molecule has 0 aromatic heterocycles. The van der Waals surface area contributed by atoms with Gasteiger partial charge in [-0.2, -0.15) is 0 Å². The van der Waals surface area contributed by atoms with E-state index in [2.05, 4.69) is 17.1 Å². The highest BCUT2D eigenvalue weighted by Crippen LogP contribution is 1.67. The van der Waals surface area contributed by atoms with Crippen LogP contribution in [0.25, 0.3) is 0 Å².